The molecule has 2 heteroatoms. The van der Waals surface area contributed by atoms with Crippen LogP contribution < -0.4 is 5.11 Å². The van der Waals surface area contributed by atoms with Gasteiger partial charge in [-0.15, -0.1) is 0 Å². The van der Waals surface area contributed by atoms with E-state index in [4.69, 9.17) is 0 Å². The highest BCUT2D eigenvalue weighted by Gasteiger charge is 1.91. The summed E-state index contributed by atoms with van der Waals surface area (Å²) in [5.41, 5.74) is 0. The Kier molecular flexibility index (Phi) is 15.6. The normalized spacial score (nSPS) is 11.2. The zero-order chi connectivity index (χ0) is 14.9. The topological polar surface area (TPSA) is 40.1 Å². The molecule has 0 saturated carbocycles. The van der Waals surface area contributed by atoms with Crippen molar-refractivity contribution in [1.29, 1.82) is 0 Å². The van der Waals surface area contributed by atoms with Gasteiger partial charge in [-0.05, 0) is 38.5 Å². The smallest absolute Gasteiger partial charge is 0.0414 e. The number of carboxylic acid groups (broad SMARTS) is 1. The Bertz CT molecular complexity index is 234. The number of rotatable bonds is 15. The third-order valence-electron chi connectivity index (χ3n) is 3.64. The maximum absolute atomic E-state index is 10.2. The van der Waals surface area contributed by atoms with Gasteiger partial charge in [0.05, 0.1) is 0 Å². The van der Waals surface area contributed by atoms with Gasteiger partial charge in [0.25, 0.3) is 0 Å². The van der Waals surface area contributed by atoms with E-state index in [9.17, 15) is 9.90 Å². The molecule has 0 rings (SSSR count). The number of allylic oxidation sites excluding steroid dienone is 2. The van der Waals surface area contributed by atoms with Crippen LogP contribution in [0.4, 0.5) is 0 Å². The lowest BCUT2D eigenvalue weighted by atomic mass is 10.1. The zero-order valence-corrected chi connectivity index (χ0v) is 13.4. The Labute approximate surface area is 125 Å². The quantitative estimate of drug-likeness (QED) is 0.320. The van der Waals surface area contributed by atoms with Gasteiger partial charge in [-0.25, -0.2) is 0 Å². The Hall–Kier alpha value is -0.790. The summed E-state index contributed by atoms with van der Waals surface area (Å²) in [5, 5.41) is 10.2. The maximum atomic E-state index is 10.2. The molecule has 118 valence electrons. The Morgan fingerprint density at radius 1 is 0.750 bits per heavy atom. The third kappa shape index (κ3) is 17.2. The number of unbranched alkanes of at least 4 members (excludes halogenated alkanes) is 11. The van der Waals surface area contributed by atoms with Crippen LogP contribution >= 0.6 is 0 Å². The lowest BCUT2D eigenvalue weighted by Gasteiger charge is -2.02. The molecule has 0 bridgehead atoms. The van der Waals surface area contributed by atoms with Gasteiger partial charge in [0, 0.05) is 5.97 Å². The molecule has 2 nitrogen and oxygen atoms in total. The van der Waals surface area contributed by atoms with E-state index < -0.39 is 5.97 Å². The summed E-state index contributed by atoms with van der Waals surface area (Å²) in [6.45, 7) is 2.25. The molecule has 0 heterocycles. The molecule has 0 saturated heterocycles. The van der Waals surface area contributed by atoms with Crippen LogP contribution in [0.3, 0.4) is 0 Å². The van der Waals surface area contributed by atoms with E-state index in [1.807, 2.05) is 0 Å². The zero-order valence-electron chi connectivity index (χ0n) is 13.4. The van der Waals surface area contributed by atoms with Crippen LogP contribution in [0.25, 0.3) is 0 Å². The minimum Gasteiger partial charge on any atom is -0.550 e. The largest absolute Gasteiger partial charge is 0.550 e. The fourth-order valence-electron chi connectivity index (χ4n) is 2.34. The highest BCUT2D eigenvalue weighted by molar-refractivity contribution is 5.63. The van der Waals surface area contributed by atoms with Crippen LogP contribution in [-0.4, -0.2) is 5.97 Å². The van der Waals surface area contributed by atoms with Gasteiger partial charge in [0.2, 0.25) is 0 Å². The Morgan fingerprint density at radius 2 is 1.20 bits per heavy atom. The predicted octanol–water partition coefficient (Wildman–Crippen LogP) is 4.77. The summed E-state index contributed by atoms with van der Waals surface area (Å²) in [4.78, 5) is 10.2. The number of aliphatic carboxylic acids is 1. The minimum atomic E-state index is -0.912. The van der Waals surface area contributed by atoms with Crippen LogP contribution in [0.5, 0.6) is 0 Å². The lowest BCUT2D eigenvalue weighted by molar-refractivity contribution is -0.305. The highest BCUT2D eigenvalue weighted by atomic mass is 16.4. The molecule has 0 aromatic heterocycles. The number of hydrogen-bond donors (Lipinski definition) is 0. The van der Waals surface area contributed by atoms with E-state index in [2.05, 4.69) is 19.1 Å². The van der Waals surface area contributed by atoms with Crippen molar-refractivity contribution < 1.29 is 9.90 Å². The van der Waals surface area contributed by atoms with Crippen LogP contribution in [0.1, 0.15) is 96.8 Å². The van der Waals surface area contributed by atoms with Crippen LogP contribution in [0.15, 0.2) is 12.2 Å². The first-order valence-corrected chi connectivity index (χ1v) is 8.62. The van der Waals surface area contributed by atoms with Gasteiger partial charge in [-0.3, -0.25) is 0 Å². The van der Waals surface area contributed by atoms with E-state index in [1.165, 1.54) is 64.2 Å². The number of hydrogen-bond acceptors (Lipinski definition) is 2. The molecule has 0 aliphatic carbocycles. The van der Waals surface area contributed by atoms with Crippen molar-refractivity contribution in [2.24, 2.45) is 0 Å². The Balaban J connectivity index is 3.06. The number of carboxylic acids is 1. The van der Waals surface area contributed by atoms with Gasteiger partial charge < -0.3 is 9.90 Å². The second-order valence-corrected chi connectivity index (χ2v) is 5.71. The molecule has 0 aromatic carbocycles. The molecule has 20 heavy (non-hydrogen) atoms. The first-order chi connectivity index (χ1) is 9.77. The number of carbonyl (C=O) groups excluding carboxylic acids is 1. The van der Waals surface area contributed by atoms with Gasteiger partial charge in [0.1, 0.15) is 0 Å². The maximum Gasteiger partial charge on any atom is 0.0414 e. The first-order valence-electron chi connectivity index (χ1n) is 8.62. The predicted molar refractivity (Wildman–Crippen MR) is 84.5 cm³/mol. The van der Waals surface area contributed by atoms with Gasteiger partial charge in [0.15, 0.2) is 0 Å². The standard InChI is InChI=1S/C18H34O2/c1-2-3-4-5-6-7-8-9-10-11-12-13-14-15-16-17-18(19)20/h8-9H,2-7,10-17H2,1H3,(H,19,20)/p-1/b9-8+. The molecule has 0 aliphatic heterocycles. The first kappa shape index (κ1) is 19.2. The summed E-state index contributed by atoms with van der Waals surface area (Å²) in [6.07, 6.45) is 20.9. The third-order valence-corrected chi connectivity index (χ3v) is 3.64. The van der Waals surface area contributed by atoms with Crippen molar-refractivity contribution in [2.45, 2.75) is 96.8 Å². The molecule has 0 atom stereocenters. The minimum absolute atomic E-state index is 0.223. The second kappa shape index (κ2) is 16.3. The van der Waals surface area contributed by atoms with Crippen LogP contribution in [0.2, 0.25) is 0 Å². The second-order valence-electron chi connectivity index (χ2n) is 5.71. The van der Waals surface area contributed by atoms with Gasteiger partial charge in [-0.2, -0.15) is 0 Å². The summed E-state index contributed by atoms with van der Waals surface area (Å²) >= 11 is 0. The van der Waals surface area contributed by atoms with E-state index in [0.29, 0.717) is 0 Å². The van der Waals surface area contributed by atoms with Gasteiger partial charge >= 0.3 is 0 Å². The average molecular weight is 281 g/mol. The van der Waals surface area contributed by atoms with Gasteiger partial charge in [-0.1, -0.05) is 70.4 Å². The van der Waals surface area contributed by atoms with E-state index in [0.717, 1.165) is 19.3 Å². The highest BCUT2D eigenvalue weighted by Crippen LogP contribution is 2.09. The Morgan fingerprint density at radius 3 is 1.70 bits per heavy atom. The van der Waals surface area contributed by atoms with E-state index in [1.54, 1.807) is 0 Å². The van der Waals surface area contributed by atoms with Crippen molar-refractivity contribution in [3.05, 3.63) is 12.2 Å². The summed E-state index contributed by atoms with van der Waals surface area (Å²) < 4.78 is 0. The van der Waals surface area contributed by atoms with Crippen molar-refractivity contribution in [2.75, 3.05) is 0 Å². The molecule has 0 N–H and O–H groups in total. The van der Waals surface area contributed by atoms with Crippen molar-refractivity contribution in [3.8, 4) is 0 Å². The van der Waals surface area contributed by atoms with Crippen LogP contribution in [0, 0.1) is 0 Å². The molecule has 0 unspecified atom stereocenters. The lowest BCUT2D eigenvalue weighted by Crippen LogP contribution is -2.21. The van der Waals surface area contributed by atoms with Crippen molar-refractivity contribution in [1.82, 2.24) is 0 Å². The van der Waals surface area contributed by atoms with Crippen molar-refractivity contribution >= 4 is 5.97 Å². The fourth-order valence-corrected chi connectivity index (χ4v) is 2.34. The summed E-state index contributed by atoms with van der Waals surface area (Å²) in [7, 11) is 0. The molecule has 0 aromatic rings. The summed E-state index contributed by atoms with van der Waals surface area (Å²) in [6, 6.07) is 0. The fraction of sp³-hybridized carbons (Fsp3) is 0.833. The van der Waals surface area contributed by atoms with E-state index >= 15 is 0 Å². The summed E-state index contributed by atoms with van der Waals surface area (Å²) in [5.74, 6) is -0.912. The average Bonchev–Trinajstić information content (AvgIpc) is 2.43. The van der Waals surface area contributed by atoms with Crippen molar-refractivity contribution in [3.63, 3.8) is 0 Å². The molecule has 0 amide bonds. The van der Waals surface area contributed by atoms with Crippen LogP contribution in [-0.2, 0) is 4.79 Å². The molecule has 0 spiro atoms. The molecule has 0 aliphatic rings. The monoisotopic (exact) mass is 281 g/mol. The molecular weight excluding hydrogens is 248 g/mol. The SMILES string of the molecule is CCCCCCC/C=C/CCCCCCCCC(=O)[O-]. The molecular formula is C18H33O2-. The van der Waals surface area contributed by atoms with E-state index in [-0.39, 0.29) is 6.42 Å². The molecule has 0 radical (unpaired) electrons. The molecule has 0 fully saturated rings. The number of carbonyl (C=O) groups is 1.